The van der Waals surface area contributed by atoms with E-state index in [0.717, 1.165) is 55.1 Å². The summed E-state index contributed by atoms with van der Waals surface area (Å²) in [6, 6.07) is 13.5. The largest absolute Gasteiger partial charge is 0.534 e. The van der Waals surface area contributed by atoms with Crippen molar-refractivity contribution >= 4 is 40.6 Å². The van der Waals surface area contributed by atoms with E-state index in [1.165, 1.54) is 33.1 Å². The van der Waals surface area contributed by atoms with Crippen molar-refractivity contribution in [2.75, 3.05) is 34.5 Å². The highest BCUT2D eigenvalue weighted by Crippen LogP contribution is 2.37. The van der Waals surface area contributed by atoms with Crippen LogP contribution in [0.4, 0.5) is 13.2 Å². The van der Waals surface area contributed by atoms with Gasteiger partial charge in [0.2, 0.25) is 0 Å². The molecule has 2 aliphatic heterocycles. The van der Waals surface area contributed by atoms with Gasteiger partial charge in [-0.2, -0.15) is 21.6 Å². The number of esters is 3. The second-order valence-electron chi connectivity index (χ2n) is 16.2. The van der Waals surface area contributed by atoms with Crippen LogP contribution in [0.3, 0.4) is 0 Å². The molecule has 0 spiro atoms. The summed E-state index contributed by atoms with van der Waals surface area (Å²) in [6.07, 6.45) is 2.56. The predicted molar refractivity (Wildman–Crippen MR) is 235 cm³/mol. The minimum atomic E-state index is -5.75. The molecule has 3 aromatic carbocycles. The number of phenolic OH excluding ortho intramolecular Hbond substituents is 1. The zero-order chi connectivity index (χ0) is 47.4. The Morgan fingerprint density at radius 3 is 1.41 bits per heavy atom. The van der Waals surface area contributed by atoms with E-state index in [0.29, 0.717) is 16.7 Å². The normalized spacial score (nSPS) is 15.1. The van der Waals surface area contributed by atoms with E-state index in [9.17, 15) is 41.1 Å². The van der Waals surface area contributed by atoms with Gasteiger partial charge in [-0.1, -0.05) is 61.1 Å². The molecule has 0 radical (unpaired) electrons. The van der Waals surface area contributed by atoms with E-state index in [1.807, 2.05) is 53.7 Å². The van der Waals surface area contributed by atoms with E-state index in [-0.39, 0.29) is 59.6 Å². The predicted octanol–water partition coefficient (Wildman–Crippen LogP) is 9.46. The Hall–Kier alpha value is -4.65. The van der Waals surface area contributed by atoms with Crippen LogP contribution in [0.5, 0.6) is 11.5 Å². The molecule has 2 saturated heterocycles. The molecule has 18 heteroatoms. The van der Waals surface area contributed by atoms with E-state index in [4.69, 9.17) is 18.8 Å². The fraction of sp³-hybridized carbons (Fsp3) is 0.533. The minimum absolute atomic E-state index is 0. The zero-order valence-corrected chi connectivity index (χ0v) is 38.5. The molecule has 3 aromatic rings. The molecular formula is C45H64BF3O13S. The highest BCUT2D eigenvalue weighted by molar-refractivity contribution is 7.88. The number of rotatable bonds is 9. The first-order chi connectivity index (χ1) is 28.6. The summed E-state index contributed by atoms with van der Waals surface area (Å²) in [7, 11) is -2.27. The van der Waals surface area contributed by atoms with Gasteiger partial charge in [0.25, 0.3) is 0 Å². The van der Waals surface area contributed by atoms with Crippen LogP contribution in [0.2, 0.25) is 0 Å². The van der Waals surface area contributed by atoms with Crippen LogP contribution in [-0.4, -0.2) is 89.8 Å². The summed E-state index contributed by atoms with van der Waals surface area (Å²) < 4.78 is 93.8. The Kier molecular flexibility index (Phi) is 21.4. The lowest BCUT2D eigenvalue weighted by Gasteiger charge is -2.32. The number of carbonyl (C=O) groups excluding carboxylic acids is 3. The fourth-order valence-corrected chi connectivity index (χ4v) is 6.31. The summed E-state index contributed by atoms with van der Waals surface area (Å²) in [5, 5.41) is 9.29. The van der Waals surface area contributed by atoms with Gasteiger partial charge >= 0.3 is 40.7 Å². The van der Waals surface area contributed by atoms with Crippen LogP contribution in [0, 0.1) is 0 Å². The first-order valence-corrected chi connectivity index (χ1v) is 21.3. The average molecular weight is 913 g/mol. The smallest absolute Gasteiger partial charge is 0.508 e. The number of methoxy groups -OCH3 is 3. The monoisotopic (exact) mass is 912 g/mol. The van der Waals surface area contributed by atoms with Crippen LogP contribution in [0.1, 0.15) is 155 Å². The number of hydrogen-bond acceptors (Lipinski definition) is 13. The van der Waals surface area contributed by atoms with Crippen LogP contribution in [0.25, 0.3) is 0 Å². The lowest BCUT2D eigenvalue weighted by molar-refractivity contribution is -0.0500. The molecule has 63 heavy (non-hydrogen) atoms. The number of alkyl halides is 3. The molecular weight excluding hydrogens is 848 g/mol. The summed E-state index contributed by atoms with van der Waals surface area (Å²) in [4.78, 5) is 34.8. The second kappa shape index (κ2) is 23.9. The summed E-state index contributed by atoms with van der Waals surface area (Å²) in [5.74, 6) is -1.59. The molecule has 0 atom stereocenters. The maximum atomic E-state index is 12.3. The number of ether oxygens (including phenoxy) is 4. The quantitative estimate of drug-likeness (QED) is 0.0709. The third-order valence-electron chi connectivity index (χ3n) is 10.1. The summed E-state index contributed by atoms with van der Waals surface area (Å²) >= 11 is 0. The molecule has 0 unspecified atom stereocenters. The van der Waals surface area contributed by atoms with Gasteiger partial charge in [-0.3, -0.25) is 0 Å². The van der Waals surface area contributed by atoms with Gasteiger partial charge in [-0.25, -0.2) is 14.4 Å². The molecule has 0 aromatic heterocycles. The lowest BCUT2D eigenvalue weighted by atomic mass is 9.76. The van der Waals surface area contributed by atoms with E-state index < -0.39 is 34.5 Å². The van der Waals surface area contributed by atoms with Gasteiger partial charge in [-0.15, -0.1) is 0 Å². The number of hydrogen-bond donors (Lipinski definition) is 1. The third-order valence-corrected chi connectivity index (χ3v) is 11.0. The topological polar surface area (TPSA) is 170 Å². The van der Waals surface area contributed by atoms with Crippen LogP contribution in [0.15, 0.2) is 54.6 Å². The molecule has 13 nitrogen and oxygen atoms in total. The molecule has 2 aliphatic rings. The van der Waals surface area contributed by atoms with E-state index in [2.05, 4.69) is 27.5 Å². The molecule has 2 heterocycles. The zero-order valence-electron chi connectivity index (χ0n) is 37.7. The van der Waals surface area contributed by atoms with Gasteiger partial charge in [0, 0.05) is 13.2 Å². The van der Waals surface area contributed by atoms with Crippen molar-refractivity contribution in [1.29, 1.82) is 0 Å². The third kappa shape index (κ3) is 15.5. The van der Waals surface area contributed by atoms with Crippen molar-refractivity contribution in [3.05, 3.63) is 88.0 Å². The number of phenols is 1. The van der Waals surface area contributed by atoms with Crippen molar-refractivity contribution in [3.63, 3.8) is 0 Å². The SMILES string of the molecule is C.C1CCOC1.COC(=O)c1ccc(B2OC(C)(C)C(C)(C)O2)cc1C(C)C.COC(=O)c1ccc(O)cc1C(C)C.COC(=O)c1ccc(OS(=O)(=O)C(F)(F)F)cc1C(C)C. The standard InChI is InChI=1S/C17H25BO4.C12H13F3O5S.C11H14O3.C4H8O.CH4/c1-11(2)14-10-12(8-9-13(14)15(19)20-7)18-21-16(3,4)17(5,6)22-18;1-7(2)10-6-8(4-5-9(10)11(16)19-3)20-21(17,18)12(13,14)15;1-7(2)10-6-8(12)4-5-9(10)11(13)14-3;1-2-4-5-3-1;/h8-11H,1-7H3;4-7H,1-3H3;4-7,12H,1-3H3;1-4H2;1H4. The molecule has 2 fully saturated rings. The van der Waals surface area contributed by atoms with Crippen LogP contribution in [-0.2, 0) is 38.4 Å². The van der Waals surface area contributed by atoms with Crippen molar-refractivity contribution in [3.8, 4) is 11.5 Å². The fourth-order valence-electron chi connectivity index (χ4n) is 5.85. The number of carbonyl (C=O) groups is 3. The van der Waals surface area contributed by atoms with Crippen molar-refractivity contribution in [1.82, 2.24) is 0 Å². The van der Waals surface area contributed by atoms with Gasteiger partial charge in [0.1, 0.15) is 11.5 Å². The highest BCUT2D eigenvalue weighted by atomic mass is 32.2. The van der Waals surface area contributed by atoms with Crippen molar-refractivity contribution in [2.45, 2.75) is 124 Å². The van der Waals surface area contributed by atoms with Crippen molar-refractivity contribution < 1.29 is 73.5 Å². The number of benzene rings is 3. The van der Waals surface area contributed by atoms with Crippen LogP contribution >= 0.6 is 0 Å². The summed E-state index contributed by atoms with van der Waals surface area (Å²) in [5.41, 5.74) is -2.05. The minimum Gasteiger partial charge on any atom is -0.508 e. The maximum absolute atomic E-state index is 12.3. The summed E-state index contributed by atoms with van der Waals surface area (Å²) in [6.45, 7) is 21.5. The van der Waals surface area contributed by atoms with Gasteiger partial charge < -0.3 is 37.5 Å². The van der Waals surface area contributed by atoms with Crippen LogP contribution < -0.4 is 9.65 Å². The van der Waals surface area contributed by atoms with Crippen molar-refractivity contribution in [2.24, 2.45) is 0 Å². The van der Waals surface area contributed by atoms with Gasteiger partial charge in [0.15, 0.2) is 0 Å². The number of aromatic hydroxyl groups is 1. The second-order valence-corrected chi connectivity index (χ2v) is 17.7. The first kappa shape index (κ1) is 56.4. The number of halogens is 3. The average Bonchev–Trinajstić information content (AvgIpc) is 3.86. The molecule has 0 bridgehead atoms. The Bertz CT molecular complexity index is 2070. The van der Waals surface area contributed by atoms with E-state index in [1.54, 1.807) is 32.0 Å². The Balaban J connectivity index is 0.000000451. The molecule has 1 N–H and O–H groups in total. The van der Waals surface area contributed by atoms with Gasteiger partial charge in [0.05, 0.1) is 49.2 Å². The van der Waals surface area contributed by atoms with E-state index >= 15 is 0 Å². The first-order valence-electron chi connectivity index (χ1n) is 19.9. The Morgan fingerprint density at radius 2 is 1.05 bits per heavy atom. The molecule has 0 aliphatic carbocycles. The molecule has 5 rings (SSSR count). The molecule has 352 valence electrons. The maximum Gasteiger partial charge on any atom is 0.534 e. The Labute approximate surface area is 371 Å². The Morgan fingerprint density at radius 1 is 0.667 bits per heavy atom. The highest BCUT2D eigenvalue weighted by Gasteiger charge is 2.52. The van der Waals surface area contributed by atoms with Gasteiger partial charge in [-0.05, 0) is 123 Å². The molecule has 0 saturated carbocycles. The lowest BCUT2D eigenvalue weighted by Crippen LogP contribution is -2.41. The molecule has 0 amide bonds.